The fourth-order valence-electron chi connectivity index (χ4n) is 2.98. The number of hydrogen-bond acceptors (Lipinski definition) is 3. The van der Waals surface area contributed by atoms with E-state index in [0.717, 1.165) is 38.8 Å². The van der Waals surface area contributed by atoms with Gasteiger partial charge in [-0.05, 0) is 44.9 Å². The van der Waals surface area contributed by atoms with Gasteiger partial charge in [-0.25, -0.2) is 0 Å². The number of hydrogen-bond donors (Lipinski definition) is 2. The molecule has 3 N–H and O–H groups in total. The summed E-state index contributed by atoms with van der Waals surface area (Å²) in [5.41, 5.74) is 4.85. The van der Waals surface area contributed by atoms with Crippen LogP contribution in [0.2, 0.25) is 0 Å². The van der Waals surface area contributed by atoms with Crippen LogP contribution in [0.1, 0.15) is 44.9 Å². The summed E-state index contributed by atoms with van der Waals surface area (Å²) in [4.78, 5) is 14.3. The van der Waals surface area contributed by atoms with Gasteiger partial charge in [0.15, 0.2) is 0 Å². The van der Waals surface area contributed by atoms with Crippen molar-refractivity contribution >= 4 is 5.91 Å². The molecule has 1 aliphatic carbocycles. The van der Waals surface area contributed by atoms with E-state index in [1.165, 1.54) is 6.42 Å². The third-order valence-electron chi connectivity index (χ3n) is 4.31. The first-order valence-electron chi connectivity index (χ1n) is 6.86. The van der Waals surface area contributed by atoms with Gasteiger partial charge < -0.3 is 15.7 Å². The molecule has 0 bridgehead atoms. The van der Waals surface area contributed by atoms with Gasteiger partial charge in [-0.15, -0.1) is 0 Å². The Labute approximate surface area is 103 Å². The fraction of sp³-hybridized carbons (Fsp3) is 0.923. The Balaban J connectivity index is 1.85. The molecule has 2 fully saturated rings. The Hall–Kier alpha value is -0.610. The lowest BCUT2D eigenvalue weighted by Gasteiger charge is -2.37. The second-order valence-corrected chi connectivity index (χ2v) is 5.59. The van der Waals surface area contributed by atoms with Crippen LogP contribution in [-0.2, 0) is 4.79 Å². The van der Waals surface area contributed by atoms with Crippen molar-refractivity contribution < 1.29 is 9.90 Å². The van der Waals surface area contributed by atoms with E-state index >= 15 is 0 Å². The molecular weight excluding hydrogens is 216 g/mol. The lowest BCUT2D eigenvalue weighted by Crippen LogP contribution is -2.46. The van der Waals surface area contributed by atoms with E-state index in [9.17, 15) is 9.90 Å². The Morgan fingerprint density at radius 3 is 2.35 bits per heavy atom. The Kier molecular flexibility index (Phi) is 4.05. The first-order valence-corrected chi connectivity index (χ1v) is 6.86. The molecule has 2 aliphatic rings. The zero-order valence-electron chi connectivity index (χ0n) is 10.5. The molecule has 2 rings (SSSR count). The number of aliphatic hydroxyl groups is 1. The van der Waals surface area contributed by atoms with Crippen LogP contribution in [0.25, 0.3) is 0 Å². The second-order valence-electron chi connectivity index (χ2n) is 5.59. The molecule has 0 aromatic heterocycles. The highest BCUT2D eigenvalue weighted by Gasteiger charge is 2.36. The van der Waals surface area contributed by atoms with E-state index < -0.39 is 5.60 Å². The predicted molar refractivity (Wildman–Crippen MR) is 66.4 cm³/mol. The first-order chi connectivity index (χ1) is 8.14. The number of amides is 1. The van der Waals surface area contributed by atoms with Gasteiger partial charge >= 0.3 is 0 Å². The number of piperidine rings is 1. The summed E-state index contributed by atoms with van der Waals surface area (Å²) in [6.07, 6.45) is 6.48. The average Bonchev–Trinajstić information content (AvgIpc) is 2.40. The molecule has 0 spiro atoms. The summed E-state index contributed by atoms with van der Waals surface area (Å²) < 4.78 is 0. The van der Waals surface area contributed by atoms with E-state index in [2.05, 4.69) is 0 Å². The maximum absolute atomic E-state index is 12.3. The quantitative estimate of drug-likeness (QED) is 0.753. The van der Waals surface area contributed by atoms with Crippen LogP contribution in [0.5, 0.6) is 0 Å². The molecule has 1 aliphatic heterocycles. The van der Waals surface area contributed by atoms with Gasteiger partial charge in [-0.1, -0.05) is 0 Å². The van der Waals surface area contributed by atoms with E-state index in [0.29, 0.717) is 25.3 Å². The molecule has 17 heavy (non-hydrogen) atoms. The fourth-order valence-corrected chi connectivity index (χ4v) is 2.98. The van der Waals surface area contributed by atoms with Crippen molar-refractivity contribution in [1.82, 2.24) is 4.90 Å². The molecule has 98 valence electrons. The highest BCUT2D eigenvalue weighted by molar-refractivity contribution is 5.79. The summed E-state index contributed by atoms with van der Waals surface area (Å²) in [6.45, 7) is 2.17. The van der Waals surface area contributed by atoms with Crippen molar-refractivity contribution in [1.29, 1.82) is 0 Å². The summed E-state index contributed by atoms with van der Waals surface area (Å²) >= 11 is 0. The largest absolute Gasteiger partial charge is 0.389 e. The zero-order valence-corrected chi connectivity index (χ0v) is 10.5. The Bertz CT molecular complexity index is 267. The molecule has 0 radical (unpaired) electrons. The third-order valence-corrected chi connectivity index (χ3v) is 4.31. The number of nitrogens with two attached hydrogens (primary N) is 1. The van der Waals surface area contributed by atoms with Crippen LogP contribution in [0.4, 0.5) is 0 Å². The zero-order chi connectivity index (χ0) is 12.3. The van der Waals surface area contributed by atoms with E-state index in [4.69, 9.17) is 5.73 Å². The van der Waals surface area contributed by atoms with Crippen LogP contribution in [0, 0.1) is 5.92 Å². The first kappa shape index (κ1) is 12.8. The molecule has 0 unspecified atom stereocenters. The molecule has 0 atom stereocenters. The van der Waals surface area contributed by atoms with Gasteiger partial charge in [0.2, 0.25) is 5.91 Å². The highest BCUT2D eigenvalue weighted by atomic mass is 16.3. The minimum absolute atomic E-state index is 0.125. The summed E-state index contributed by atoms with van der Waals surface area (Å²) in [6, 6.07) is 0. The molecule has 0 aromatic carbocycles. The van der Waals surface area contributed by atoms with Crippen LogP contribution in [0.3, 0.4) is 0 Å². The molecule has 4 heteroatoms. The van der Waals surface area contributed by atoms with Crippen LogP contribution < -0.4 is 5.73 Å². The Morgan fingerprint density at radius 2 is 1.82 bits per heavy atom. The lowest BCUT2D eigenvalue weighted by atomic mass is 9.78. The van der Waals surface area contributed by atoms with Gasteiger partial charge in [-0.2, -0.15) is 0 Å². The smallest absolute Gasteiger partial charge is 0.225 e. The monoisotopic (exact) mass is 240 g/mol. The second kappa shape index (κ2) is 5.36. The molecule has 0 aromatic rings. The van der Waals surface area contributed by atoms with Crippen LogP contribution >= 0.6 is 0 Å². The molecule has 1 saturated heterocycles. The van der Waals surface area contributed by atoms with Gasteiger partial charge in [0, 0.05) is 25.6 Å². The average molecular weight is 240 g/mol. The van der Waals surface area contributed by atoms with Crippen LogP contribution in [-0.4, -0.2) is 41.1 Å². The van der Waals surface area contributed by atoms with Gasteiger partial charge in [0.05, 0.1) is 5.60 Å². The van der Waals surface area contributed by atoms with Crippen molar-refractivity contribution in [3.8, 4) is 0 Å². The number of nitrogens with zero attached hydrogens (tertiary/aromatic N) is 1. The summed E-state index contributed by atoms with van der Waals surface area (Å²) in [5, 5.41) is 10.0. The van der Waals surface area contributed by atoms with Crippen molar-refractivity contribution in [3.63, 3.8) is 0 Å². The van der Waals surface area contributed by atoms with Crippen molar-refractivity contribution in [3.05, 3.63) is 0 Å². The molecule has 1 saturated carbocycles. The molecule has 4 nitrogen and oxygen atoms in total. The summed E-state index contributed by atoms with van der Waals surface area (Å²) in [7, 11) is 0. The highest BCUT2D eigenvalue weighted by Crippen LogP contribution is 2.32. The number of likely N-dealkylation sites (tertiary alicyclic amines) is 1. The van der Waals surface area contributed by atoms with Crippen molar-refractivity contribution in [2.75, 3.05) is 19.6 Å². The van der Waals surface area contributed by atoms with E-state index in [1.54, 1.807) is 0 Å². The molecular formula is C13H24N2O2. The standard InChI is InChI=1S/C13H24N2O2/c14-10-13(17)6-4-11(5-7-13)12(16)15-8-2-1-3-9-15/h11,17H,1-10,14H2. The summed E-state index contributed by atoms with van der Waals surface area (Å²) in [5.74, 6) is 0.434. The lowest BCUT2D eigenvalue weighted by molar-refractivity contribution is -0.139. The molecule has 1 amide bonds. The van der Waals surface area contributed by atoms with Gasteiger partial charge in [-0.3, -0.25) is 4.79 Å². The molecule has 1 heterocycles. The predicted octanol–water partition coefficient (Wildman–Crippen LogP) is 0.879. The normalized spacial score (nSPS) is 34.7. The Morgan fingerprint density at radius 1 is 1.24 bits per heavy atom. The van der Waals surface area contributed by atoms with E-state index in [-0.39, 0.29) is 5.92 Å². The minimum Gasteiger partial charge on any atom is -0.389 e. The van der Waals surface area contributed by atoms with Crippen molar-refractivity contribution in [2.45, 2.75) is 50.5 Å². The topological polar surface area (TPSA) is 66.6 Å². The van der Waals surface area contributed by atoms with Gasteiger partial charge in [0.1, 0.15) is 0 Å². The maximum Gasteiger partial charge on any atom is 0.225 e. The SMILES string of the molecule is NCC1(O)CCC(C(=O)N2CCCCC2)CC1. The van der Waals surface area contributed by atoms with Crippen molar-refractivity contribution in [2.24, 2.45) is 11.7 Å². The third kappa shape index (κ3) is 2.99. The number of rotatable bonds is 2. The number of carbonyl (C=O) groups is 1. The minimum atomic E-state index is -0.710. The van der Waals surface area contributed by atoms with Gasteiger partial charge in [0.25, 0.3) is 0 Å². The van der Waals surface area contributed by atoms with Crippen LogP contribution in [0.15, 0.2) is 0 Å². The van der Waals surface area contributed by atoms with E-state index in [1.807, 2.05) is 4.90 Å². The number of carbonyl (C=O) groups excluding carboxylic acids is 1. The maximum atomic E-state index is 12.3.